The molecule has 0 aromatic carbocycles. The number of hydrogen-bond acceptors (Lipinski definition) is 1. The standard InChI is InChI=1S/C12H23NO/c1-11(2)10-12(14)13-8-6-4-3-5-7-9-13/h11H,3-10H2,1-2H3. The molecule has 1 amide bonds. The van der Waals surface area contributed by atoms with Gasteiger partial charge in [0.2, 0.25) is 5.91 Å². The molecular weight excluding hydrogens is 174 g/mol. The first-order valence-electron chi connectivity index (χ1n) is 5.98. The molecule has 0 bridgehead atoms. The average Bonchev–Trinajstić information content (AvgIpc) is 2.00. The molecule has 2 nitrogen and oxygen atoms in total. The van der Waals surface area contributed by atoms with Gasteiger partial charge in [0.1, 0.15) is 0 Å². The summed E-state index contributed by atoms with van der Waals surface area (Å²) in [5.41, 5.74) is 0. The summed E-state index contributed by atoms with van der Waals surface area (Å²) in [6.45, 7) is 6.21. The van der Waals surface area contributed by atoms with Crippen molar-refractivity contribution in [1.29, 1.82) is 0 Å². The molecule has 1 heterocycles. The van der Waals surface area contributed by atoms with Crippen LogP contribution < -0.4 is 0 Å². The van der Waals surface area contributed by atoms with Gasteiger partial charge in [-0.25, -0.2) is 0 Å². The summed E-state index contributed by atoms with van der Waals surface area (Å²) in [5, 5.41) is 0. The Morgan fingerprint density at radius 2 is 1.57 bits per heavy atom. The summed E-state index contributed by atoms with van der Waals surface area (Å²) in [4.78, 5) is 13.9. The van der Waals surface area contributed by atoms with Crippen molar-refractivity contribution in [3.05, 3.63) is 0 Å². The molecule has 0 spiro atoms. The maximum atomic E-state index is 11.8. The van der Waals surface area contributed by atoms with Gasteiger partial charge in [0, 0.05) is 19.5 Å². The highest BCUT2D eigenvalue weighted by atomic mass is 16.2. The van der Waals surface area contributed by atoms with Crippen LogP contribution in [0.1, 0.15) is 52.4 Å². The lowest BCUT2D eigenvalue weighted by atomic mass is 10.1. The number of likely N-dealkylation sites (tertiary alicyclic amines) is 1. The Morgan fingerprint density at radius 3 is 2.07 bits per heavy atom. The molecule has 0 aliphatic carbocycles. The van der Waals surface area contributed by atoms with Gasteiger partial charge in [0.15, 0.2) is 0 Å². The lowest BCUT2D eigenvalue weighted by Crippen LogP contribution is -2.34. The summed E-state index contributed by atoms with van der Waals surface area (Å²) in [7, 11) is 0. The molecule has 1 fully saturated rings. The van der Waals surface area contributed by atoms with Crippen molar-refractivity contribution in [1.82, 2.24) is 4.90 Å². The number of amides is 1. The smallest absolute Gasteiger partial charge is 0.222 e. The lowest BCUT2D eigenvalue weighted by molar-refractivity contribution is -0.132. The minimum absolute atomic E-state index is 0.363. The highest BCUT2D eigenvalue weighted by molar-refractivity contribution is 5.76. The van der Waals surface area contributed by atoms with Crippen LogP contribution in [-0.2, 0) is 4.79 Å². The van der Waals surface area contributed by atoms with Gasteiger partial charge in [0.25, 0.3) is 0 Å². The number of nitrogens with zero attached hydrogens (tertiary/aromatic N) is 1. The van der Waals surface area contributed by atoms with Crippen molar-refractivity contribution in [3.63, 3.8) is 0 Å². The third-order valence-corrected chi connectivity index (χ3v) is 2.79. The zero-order valence-electron chi connectivity index (χ0n) is 9.59. The molecule has 0 atom stereocenters. The first kappa shape index (κ1) is 11.5. The lowest BCUT2D eigenvalue weighted by Gasteiger charge is -2.25. The maximum absolute atomic E-state index is 11.8. The Balaban J connectivity index is 2.35. The average molecular weight is 197 g/mol. The fourth-order valence-electron chi connectivity index (χ4n) is 1.98. The van der Waals surface area contributed by atoms with Crippen LogP contribution in [-0.4, -0.2) is 23.9 Å². The Morgan fingerprint density at radius 1 is 1.07 bits per heavy atom. The third-order valence-electron chi connectivity index (χ3n) is 2.79. The van der Waals surface area contributed by atoms with Crippen molar-refractivity contribution in [2.45, 2.75) is 52.4 Å². The molecular formula is C12H23NO. The van der Waals surface area contributed by atoms with E-state index >= 15 is 0 Å². The second kappa shape index (κ2) is 6.05. The van der Waals surface area contributed by atoms with Crippen molar-refractivity contribution in [2.24, 2.45) is 5.92 Å². The van der Waals surface area contributed by atoms with E-state index in [1.807, 2.05) is 0 Å². The SMILES string of the molecule is CC(C)CC(=O)N1CCCCCCC1. The quantitative estimate of drug-likeness (QED) is 0.666. The Bertz CT molecular complexity index is 169. The third kappa shape index (κ3) is 4.12. The van der Waals surface area contributed by atoms with E-state index in [2.05, 4.69) is 18.7 Å². The van der Waals surface area contributed by atoms with E-state index in [9.17, 15) is 4.79 Å². The van der Waals surface area contributed by atoms with Crippen LogP contribution in [0, 0.1) is 5.92 Å². The summed E-state index contributed by atoms with van der Waals surface area (Å²) in [5.74, 6) is 0.856. The summed E-state index contributed by atoms with van der Waals surface area (Å²) < 4.78 is 0. The van der Waals surface area contributed by atoms with Gasteiger partial charge in [-0.05, 0) is 18.8 Å². The first-order valence-corrected chi connectivity index (χ1v) is 5.98. The van der Waals surface area contributed by atoms with E-state index in [0.29, 0.717) is 11.8 Å². The van der Waals surface area contributed by atoms with Crippen molar-refractivity contribution in [3.8, 4) is 0 Å². The summed E-state index contributed by atoms with van der Waals surface area (Å²) >= 11 is 0. The molecule has 0 radical (unpaired) electrons. The highest BCUT2D eigenvalue weighted by Gasteiger charge is 2.15. The maximum Gasteiger partial charge on any atom is 0.222 e. The fourth-order valence-corrected chi connectivity index (χ4v) is 1.98. The molecule has 0 N–H and O–H groups in total. The molecule has 14 heavy (non-hydrogen) atoms. The minimum Gasteiger partial charge on any atom is -0.343 e. The monoisotopic (exact) mass is 197 g/mol. The number of rotatable bonds is 2. The molecule has 0 aromatic rings. The van der Waals surface area contributed by atoms with E-state index in [0.717, 1.165) is 19.5 Å². The van der Waals surface area contributed by atoms with Crippen LogP contribution in [0.3, 0.4) is 0 Å². The molecule has 1 saturated heterocycles. The van der Waals surface area contributed by atoms with Crippen molar-refractivity contribution < 1.29 is 4.79 Å². The second-order valence-corrected chi connectivity index (χ2v) is 4.75. The molecule has 2 heteroatoms. The van der Waals surface area contributed by atoms with Crippen LogP contribution in [0.25, 0.3) is 0 Å². The number of hydrogen-bond donors (Lipinski definition) is 0. The summed E-state index contributed by atoms with van der Waals surface area (Å²) in [6.07, 6.45) is 7.07. The zero-order valence-corrected chi connectivity index (χ0v) is 9.59. The zero-order chi connectivity index (χ0) is 10.4. The largest absolute Gasteiger partial charge is 0.343 e. The molecule has 1 rings (SSSR count). The van der Waals surface area contributed by atoms with Gasteiger partial charge in [-0.1, -0.05) is 33.1 Å². The minimum atomic E-state index is 0.363. The van der Waals surface area contributed by atoms with E-state index < -0.39 is 0 Å². The molecule has 0 unspecified atom stereocenters. The first-order chi connectivity index (χ1) is 6.70. The molecule has 1 aliphatic heterocycles. The molecule has 0 saturated carbocycles. The predicted octanol–water partition coefficient (Wildman–Crippen LogP) is 2.83. The van der Waals surface area contributed by atoms with E-state index in [4.69, 9.17) is 0 Å². The Hall–Kier alpha value is -0.530. The van der Waals surface area contributed by atoms with Gasteiger partial charge in [-0.15, -0.1) is 0 Å². The highest BCUT2D eigenvalue weighted by Crippen LogP contribution is 2.12. The van der Waals surface area contributed by atoms with Gasteiger partial charge in [0.05, 0.1) is 0 Å². The van der Waals surface area contributed by atoms with Gasteiger partial charge in [-0.3, -0.25) is 4.79 Å². The topological polar surface area (TPSA) is 20.3 Å². The van der Waals surface area contributed by atoms with Gasteiger partial charge < -0.3 is 4.90 Å². The van der Waals surface area contributed by atoms with E-state index in [1.165, 1.54) is 32.1 Å². The van der Waals surface area contributed by atoms with E-state index in [1.54, 1.807) is 0 Å². The van der Waals surface area contributed by atoms with Crippen LogP contribution in [0.2, 0.25) is 0 Å². The Kier molecular flexibility index (Phi) is 4.99. The van der Waals surface area contributed by atoms with Crippen LogP contribution in [0.15, 0.2) is 0 Å². The van der Waals surface area contributed by atoms with Crippen molar-refractivity contribution in [2.75, 3.05) is 13.1 Å². The van der Waals surface area contributed by atoms with Crippen LogP contribution in [0.4, 0.5) is 0 Å². The predicted molar refractivity (Wildman–Crippen MR) is 59.1 cm³/mol. The van der Waals surface area contributed by atoms with Crippen LogP contribution >= 0.6 is 0 Å². The second-order valence-electron chi connectivity index (χ2n) is 4.75. The molecule has 0 aromatic heterocycles. The van der Waals surface area contributed by atoms with Gasteiger partial charge in [-0.2, -0.15) is 0 Å². The fraction of sp³-hybridized carbons (Fsp3) is 0.917. The van der Waals surface area contributed by atoms with Crippen LogP contribution in [0.5, 0.6) is 0 Å². The number of carbonyl (C=O) groups excluding carboxylic acids is 1. The van der Waals surface area contributed by atoms with E-state index in [-0.39, 0.29) is 0 Å². The van der Waals surface area contributed by atoms with Crippen molar-refractivity contribution >= 4 is 5.91 Å². The number of carbonyl (C=O) groups is 1. The Labute approximate surface area is 87.7 Å². The molecule has 82 valence electrons. The summed E-state index contributed by atoms with van der Waals surface area (Å²) in [6, 6.07) is 0. The normalized spacial score (nSPS) is 19.2. The van der Waals surface area contributed by atoms with Gasteiger partial charge >= 0.3 is 0 Å². The molecule has 1 aliphatic rings.